The van der Waals surface area contributed by atoms with Crippen LogP contribution in [0.25, 0.3) is 5.69 Å². The maximum Gasteiger partial charge on any atom is 0.442 e. The molecule has 0 spiro atoms. The van der Waals surface area contributed by atoms with Crippen LogP contribution in [0.2, 0.25) is 5.02 Å². The van der Waals surface area contributed by atoms with Gasteiger partial charge in [0.2, 0.25) is 11.6 Å². The summed E-state index contributed by atoms with van der Waals surface area (Å²) in [5.41, 5.74) is -1.15. The van der Waals surface area contributed by atoms with Gasteiger partial charge in [0.05, 0.1) is 21.5 Å². The van der Waals surface area contributed by atoms with Gasteiger partial charge < -0.3 is 5.32 Å². The van der Waals surface area contributed by atoms with E-state index in [4.69, 9.17) is 16.1 Å². The lowest BCUT2D eigenvalue weighted by Gasteiger charge is -2.15. The number of nitrogens with zero attached hydrogens (tertiary/aromatic N) is 1. The monoisotopic (exact) mass is 458 g/mol. The average molecular weight is 459 g/mol. The van der Waals surface area contributed by atoms with Crippen LogP contribution in [0, 0.1) is 0 Å². The van der Waals surface area contributed by atoms with Gasteiger partial charge in [-0.2, -0.15) is 13.2 Å². The Morgan fingerprint density at radius 1 is 1.27 bits per heavy atom. The first kappa shape index (κ1) is 22.0. The molecule has 1 heterocycles. The predicted molar refractivity (Wildman–Crippen MR) is 106 cm³/mol. The summed E-state index contributed by atoms with van der Waals surface area (Å²) < 4.78 is 45.1. The van der Waals surface area contributed by atoms with E-state index in [2.05, 4.69) is 10.6 Å². The SMILES string of the molecule is CCC(Sc1c(=O)o[nH][n+]1-c1ccccc1)C(=O)Nc1cc(C(F)(F)F)ccc1Cl. The highest BCUT2D eigenvalue weighted by molar-refractivity contribution is 8.00. The minimum atomic E-state index is -4.58. The number of aromatic amines is 1. The molecule has 2 N–H and O–H groups in total. The highest BCUT2D eigenvalue weighted by atomic mass is 35.5. The molecule has 1 amide bonds. The van der Waals surface area contributed by atoms with Gasteiger partial charge in [-0.15, -0.1) is 0 Å². The molecule has 11 heteroatoms. The fourth-order valence-corrected chi connectivity index (χ4v) is 3.73. The first-order valence-electron chi connectivity index (χ1n) is 8.74. The lowest BCUT2D eigenvalue weighted by molar-refractivity contribution is -0.704. The van der Waals surface area contributed by atoms with Gasteiger partial charge in [-0.3, -0.25) is 9.32 Å². The number of carbonyl (C=O) groups excluding carboxylic acids is 1. The Hall–Kier alpha value is -2.72. The molecule has 158 valence electrons. The number of hydrogen-bond donors (Lipinski definition) is 2. The second kappa shape index (κ2) is 8.97. The van der Waals surface area contributed by atoms with Gasteiger partial charge in [0, 0.05) is 12.1 Å². The van der Waals surface area contributed by atoms with Crippen LogP contribution >= 0.6 is 23.4 Å². The number of halogens is 4. The number of rotatable bonds is 6. The average Bonchev–Trinajstić information content (AvgIpc) is 3.07. The second-order valence-corrected chi connectivity index (χ2v) is 7.75. The summed E-state index contributed by atoms with van der Waals surface area (Å²) in [7, 11) is 0. The molecule has 3 rings (SSSR count). The van der Waals surface area contributed by atoms with E-state index in [1.54, 1.807) is 37.3 Å². The number of thioether (sulfide) groups is 1. The Morgan fingerprint density at radius 3 is 2.60 bits per heavy atom. The van der Waals surface area contributed by atoms with E-state index in [0.717, 1.165) is 30.0 Å². The van der Waals surface area contributed by atoms with Crippen molar-refractivity contribution in [2.45, 2.75) is 29.8 Å². The Balaban J connectivity index is 1.84. The lowest BCUT2D eigenvalue weighted by atomic mass is 10.2. The zero-order valence-electron chi connectivity index (χ0n) is 15.5. The molecule has 0 radical (unpaired) electrons. The third kappa shape index (κ3) is 4.88. The molecule has 0 saturated heterocycles. The molecule has 6 nitrogen and oxygen atoms in total. The maximum atomic E-state index is 13.0. The van der Waals surface area contributed by atoms with Crippen molar-refractivity contribution in [1.82, 2.24) is 5.27 Å². The topological polar surface area (TPSA) is 79.0 Å². The van der Waals surface area contributed by atoms with E-state index >= 15 is 0 Å². The lowest BCUT2D eigenvalue weighted by Crippen LogP contribution is -2.37. The van der Waals surface area contributed by atoms with Crippen molar-refractivity contribution < 1.29 is 27.2 Å². The smallest absolute Gasteiger partial charge is 0.324 e. The Kier molecular flexibility index (Phi) is 6.57. The third-order valence-electron chi connectivity index (χ3n) is 4.09. The molecule has 0 aliphatic rings. The molecule has 0 aliphatic carbocycles. The van der Waals surface area contributed by atoms with Crippen molar-refractivity contribution in [1.29, 1.82) is 0 Å². The number of amides is 1. The zero-order valence-corrected chi connectivity index (χ0v) is 17.1. The van der Waals surface area contributed by atoms with Crippen molar-refractivity contribution in [2.24, 2.45) is 0 Å². The highest BCUT2D eigenvalue weighted by Gasteiger charge is 2.33. The van der Waals surface area contributed by atoms with E-state index < -0.39 is 28.5 Å². The second-order valence-electron chi connectivity index (χ2n) is 6.15. The van der Waals surface area contributed by atoms with Crippen molar-refractivity contribution in [3.8, 4) is 5.69 Å². The number of benzene rings is 2. The van der Waals surface area contributed by atoms with Crippen LogP contribution in [-0.4, -0.2) is 16.4 Å². The first-order chi connectivity index (χ1) is 14.2. The Morgan fingerprint density at radius 2 is 1.97 bits per heavy atom. The molecule has 1 unspecified atom stereocenters. The van der Waals surface area contributed by atoms with Gasteiger partial charge in [-0.25, -0.2) is 4.79 Å². The number of H-pyrrole nitrogens is 1. The van der Waals surface area contributed by atoms with Gasteiger partial charge in [0.1, 0.15) is 0 Å². The highest BCUT2D eigenvalue weighted by Crippen LogP contribution is 2.34. The predicted octanol–water partition coefficient (Wildman–Crippen LogP) is 4.43. The summed E-state index contributed by atoms with van der Waals surface area (Å²) in [6.07, 6.45) is -4.28. The van der Waals surface area contributed by atoms with Gasteiger partial charge in [-0.05, 0) is 46.3 Å². The summed E-state index contributed by atoms with van der Waals surface area (Å²) in [4.78, 5) is 24.9. The van der Waals surface area contributed by atoms with Crippen molar-refractivity contribution >= 4 is 35.0 Å². The molecule has 0 bridgehead atoms. The summed E-state index contributed by atoms with van der Waals surface area (Å²) >= 11 is 6.88. The third-order valence-corrected chi connectivity index (χ3v) is 5.82. The van der Waals surface area contributed by atoms with Crippen LogP contribution in [0.3, 0.4) is 0 Å². The van der Waals surface area contributed by atoms with Crippen LogP contribution in [0.15, 0.2) is 62.9 Å². The number of alkyl halides is 3. The van der Waals surface area contributed by atoms with E-state index in [9.17, 15) is 22.8 Å². The Labute approximate surface area is 178 Å². The van der Waals surface area contributed by atoms with E-state index in [1.807, 2.05) is 0 Å². The molecule has 0 saturated carbocycles. The number of nitrogens with one attached hydrogen (secondary N) is 2. The summed E-state index contributed by atoms with van der Waals surface area (Å²) in [6, 6.07) is 11.5. The van der Waals surface area contributed by atoms with E-state index in [0.29, 0.717) is 12.1 Å². The van der Waals surface area contributed by atoms with E-state index in [1.165, 1.54) is 4.68 Å². The molecular weight excluding hydrogens is 443 g/mol. The molecule has 2 aromatic carbocycles. The molecule has 30 heavy (non-hydrogen) atoms. The fraction of sp³-hybridized carbons (Fsp3) is 0.211. The maximum absolute atomic E-state index is 13.0. The number of aromatic nitrogens is 2. The van der Waals surface area contributed by atoms with Crippen LogP contribution in [0.4, 0.5) is 18.9 Å². The Bertz CT molecular complexity index is 1100. The van der Waals surface area contributed by atoms with Crippen molar-refractivity contribution in [3.63, 3.8) is 0 Å². The van der Waals surface area contributed by atoms with Crippen molar-refractivity contribution in [3.05, 3.63) is 69.5 Å². The van der Waals surface area contributed by atoms with Crippen molar-refractivity contribution in [2.75, 3.05) is 5.32 Å². The largest absolute Gasteiger partial charge is 0.442 e. The van der Waals surface area contributed by atoms with Gasteiger partial charge in [-0.1, -0.05) is 36.7 Å². The standard InChI is InChI=1S/C19H15ClF3N3O3S/c1-2-15(16(27)24-14-10-11(19(21,22)23)8-9-13(14)20)30-17-18(28)29-25-26(17)12-6-4-3-5-7-12/h3-10,15H,2H2,1H3,(H-,24,25,27,28)/p+1. The van der Waals surface area contributed by atoms with Gasteiger partial charge in [0.15, 0.2) is 0 Å². The number of para-hydroxylation sites is 1. The first-order valence-corrected chi connectivity index (χ1v) is 9.99. The van der Waals surface area contributed by atoms with Gasteiger partial charge in [0.25, 0.3) is 0 Å². The molecular formula is C19H16ClF3N3O3S+. The number of anilines is 1. The van der Waals surface area contributed by atoms with Crippen LogP contribution in [0.5, 0.6) is 0 Å². The van der Waals surface area contributed by atoms with Gasteiger partial charge >= 0.3 is 16.8 Å². The normalized spacial score (nSPS) is 12.6. The molecule has 1 atom stereocenters. The van der Waals surface area contributed by atoms with Crippen LogP contribution in [-0.2, 0) is 11.0 Å². The molecule has 1 aromatic heterocycles. The van der Waals surface area contributed by atoms with Crippen LogP contribution < -0.4 is 15.6 Å². The molecule has 0 aliphatic heterocycles. The quantitative estimate of drug-likeness (QED) is 0.423. The molecule has 3 aromatic rings. The summed E-state index contributed by atoms with van der Waals surface area (Å²) in [5.74, 6) is -0.594. The fourth-order valence-electron chi connectivity index (χ4n) is 2.58. The number of hydrogen-bond acceptors (Lipinski definition) is 4. The molecule has 0 fully saturated rings. The summed E-state index contributed by atoms with van der Waals surface area (Å²) in [5, 5.41) is 4.20. The summed E-state index contributed by atoms with van der Waals surface area (Å²) in [6.45, 7) is 1.71. The van der Waals surface area contributed by atoms with Crippen LogP contribution in [0.1, 0.15) is 18.9 Å². The zero-order chi connectivity index (χ0) is 21.9. The minimum absolute atomic E-state index is 0.0308. The number of carbonyl (C=O) groups is 1. The minimum Gasteiger partial charge on any atom is -0.324 e. The van der Waals surface area contributed by atoms with E-state index in [-0.39, 0.29) is 15.7 Å².